The minimum atomic E-state index is -3.60. The van der Waals surface area contributed by atoms with Crippen molar-refractivity contribution < 1.29 is 35.2 Å². The van der Waals surface area contributed by atoms with Crippen molar-refractivity contribution in [2.45, 2.75) is 118 Å². The second-order valence-electron chi connectivity index (χ2n) is 18.9. The van der Waals surface area contributed by atoms with Crippen LogP contribution >= 0.6 is 39.1 Å². The number of likely N-dealkylation sites (N-methyl/N-ethyl adjacent to an activating group) is 2. The summed E-state index contributed by atoms with van der Waals surface area (Å²) in [6, 6.07) is 7.63. The van der Waals surface area contributed by atoms with Crippen LogP contribution in [0.1, 0.15) is 114 Å². The van der Waals surface area contributed by atoms with Gasteiger partial charge in [0.2, 0.25) is 11.9 Å². The van der Waals surface area contributed by atoms with Gasteiger partial charge in [-0.05, 0) is 137 Å². The number of amidine groups is 2. The van der Waals surface area contributed by atoms with Crippen molar-refractivity contribution in [3.63, 3.8) is 0 Å². The van der Waals surface area contributed by atoms with Gasteiger partial charge in [0.1, 0.15) is 43.6 Å². The quantitative estimate of drug-likeness (QED) is 0.101. The highest BCUT2D eigenvalue weighted by atomic mass is 79.9. The number of nitrogens with zero attached hydrogens (tertiary/aromatic N) is 6. The Bertz CT molecular complexity index is 3010. The number of carbonyl (C=O) groups excluding carboxylic acids is 2. The lowest BCUT2D eigenvalue weighted by Crippen LogP contribution is -2.50. The summed E-state index contributed by atoms with van der Waals surface area (Å²) in [6.07, 6.45) is 12.6. The second kappa shape index (κ2) is 21.5. The smallest absolute Gasteiger partial charge is 0.267 e. The lowest BCUT2D eigenvalue weighted by atomic mass is 9.91. The van der Waals surface area contributed by atoms with Gasteiger partial charge in [-0.3, -0.25) is 24.6 Å². The molecule has 71 heavy (non-hydrogen) atoms. The number of ketones is 1. The zero-order chi connectivity index (χ0) is 52.5. The number of carbonyl (C=O) groups is 2. The van der Waals surface area contributed by atoms with E-state index in [-0.39, 0.29) is 57.9 Å². The van der Waals surface area contributed by atoms with E-state index in [1.165, 1.54) is 69.5 Å². The van der Waals surface area contributed by atoms with E-state index in [1.54, 1.807) is 32.9 Å². The summed E-state index contributed by atoms with van der Waals surface area (Å²) in [5.74, 6) is -2.90. The third-order valence-electron chi connectivity index (χ3n) is 13.5. The molecule has 2 aliphatic heterocycles. The number of hydrogen-bond donors (Lipinski definition) is 5. The SMILES string of the molecule is CN[C@@H]1CCCC[C@H]1NC.C[C@@]1(c2cc(Br)cnc2F)CS(=O)(=O)C2(CC2)C(N)=N1.Cc1cc(Cl)cnc1C(=O)Cc1cnc(F)c([C@]2(C)CS(=O)(=O)C3(CC3)C(N)=N2)c1.Cc1cc(Cl)cnc1C(N)=O. The number of pyridine rings is 4. The second-order valence-corrected chi connectivity index (χ2v) is 25.3. The number of amides is 1. The predicted octanol–water partition coefficient (Wildman–Crippen LogP) is 5.93. The molecule has 4 aromatic rings. The average molecular weight is 1130 g/mol. The molecule has 6 heterocycles. The maximum absolute atomic E-state index is 14.6. The van der Waals surface area contributed by atoms with E-state index < -0.39 is 58.0 Å². The van der Waals surface area contributed by atoms with E-state index in [4.69, 9.17) is 40.4 Å². The molecule has 24 heteroatoms. The first-order chi connectivity index (χ1) is 33.2. The largest absolute Gasteiger partial charge is 0.386 e. The predicted molar refractivity (Wildman–Crippen MR) is 274 cm³/mol. The summed E-state index contributed by atoms with van der Waals surface area (Å²) in [4.78, 5) is 47.2. The number of Topliss-reactive ketones (excluding diaryl/α,β-unsaturated/α-hetero) is 1. The fourth-order valence-electron chi connectivity index (χ4n) is 9.26. The number of halogens is 5. The summed E-state index contributed by atoms with van der Waals surface area (Å²) < 4.78 is 77.6. The van der Waals surface area contributed by atoms with Crippen LogP contribution in [0.25, 0.3) is 0 Å². The number of primary amides is 1. The number of aryl methyl sites for hydroxylation is 2. The van der Waals surface area contributed by atoms with Gasteiger partial charge < -0.3 is 27.8 Å². The Labute approximate surface area is 431 Å². The molecule has 0 radical (unpaired) electrons. The number of sulfone groups is 2. The molecule has 0 saturated heterocycles. The molecule has 0 bridgehead atoms. The highest BCUT2D eigenvalue weighted by Crippen LogP contribution is 2.51. The molecule has 4 aromatic heterocycles. The van der Waals surface area contributed by atoms with Crippen LogP contribution in [0.5, 0.6) is 0 Å². The van der Waals surface area contributed by atoms with Crippen molar-refractivity contribution >= 4 is 82.2 Å². The fourth-order valence-corrected chi connectivity index (χ4v) is 14.7. The molecule has 1 amide bonds. The minimum absolute atomic E-state index is 0.00406. The molecule has 3 fully saturated rings. The lowest BCUT2D eigenvalue weighted by molar-refractivity contribution is 0.0982. The summed E-state index contributed by atoms with van der Waals surface area (Å²) >= 11 is 14.7. The molecule has 17 nitrogen and oxygen atoms in total. The first kappa shape index (κ1) is 55.7. The molecule has 9 rings (SSSR count). The number of aliphatic imine (C=N–C) groups is 2. The molecule has 4 atom stereocenters. The van der Waals surface area contributed by atoms with Gasteiger partial charge in [-0.2, -0.15) is 8.78 Å². The van der Waals surface area contributed by atoms with Crippen molar-refractivity contribution in [1.29, 1.82) is 0 Å². The van der Waals surface area contributed by atoms with E-state index in [0.29, 0.717) is 69.0 Å². The lowest BCUT2D eigenvalue weighted by Gasteiger charge is -2.34. The fraction of sp³-hybridized carbons (Fsp3) is 0.489. The molecule has 0 unspecified atom stereocenters. The number of hydrogen-bond acceptors (Lipinski definition) is 16. The van der Waals surface area contributed by atoms with Gasteiger partial charge in [0.15, 0.2) is 25.5 Å². The number of nitrogens with one attached hydrogen (secondary N) is 2. The molecule has 0 aromatic carbocycles. The molecule has 5 aliphatic rings. The number of aromatic nitrogens is 4. The summed E-state index contributed by atoms with van der Waals surface area (Å²) in [6.45, 7) is 6.54. The zero-order valence-electron chi connectivity index (χ0n) is 40.1. The Kier molecular flexibility index (Phi) is 16.9. The van der Waals surface area contributed by atoms with Crippen LogP contribution in [-0.4, -0.2) is 107 Å². The van der Waals surface area contributed by atoms with Crippen LogP contribution < -0.4 is 27.8 Å². The van der Waals surface area contributed by atoms with Crippen LogP contribution in [0.15, 0.2) is 63.5 Å². The minimum Gasteiger partial charge on any atom is -0.386 e. The summed E-state index contributed by atoms with van der Waals surface area (Å²) in [7, 11) is -2.94. The van der Waals surface area contributed by atoms with E-state index in [1.807, 2.05) is 0 Å². The molecule has 8 N–H and O–H groups in total. The first-order valence-corrected chi connectivity index (χ1v) is 27.6. The van der Waals surface area contributed by atoms with Crippen LogP contribution in [0.4, 0.5) is 8.78 Å². The van der Waals surface area contributed by atoms with Crippen LogP contribution in [0.2, 0.25) is 10.0 Å². The molecule has 2 spiro atoms. The van der Waals surface area contributed by atoms with Crippen molar-refractivity contribution in [3.8, 4) is 0 Å². The third kappa shape index (κ3) is 11.9. The van der Waals surface area contributed by atoms with Crippen LogP contribution in [-0.2, 0) is 37.2 Å². The van der Waals surface area contributed by atoms with Crippen molar-refractivity contribution in [2.24, 2.45) is 27.2 Å². The van der Waals surface area contributed by atoms with E-state index >= 15 is 0 Å². The standard InChI is InChI=1S/C20H20ClFN4O3S.C12H13BrFN3O2S.C8H18N2.C7H7ClN2O/c1-11-5-13(21)9-24-16(11)15(27)7-12-6-14(17(22)25-8-12)19(2)10-30(28,29)20(3-4-20)18(23)26-19;1-11(8-4-7(13)5-16-9(8)14)6-20(18,19)12(2-3-12)10(15)17-11;1-9-7-5-3-4-6-8(7)10-2;1-4-2-5(8)3-10-6(4)7(9)11/h5-6,8-9H,3-4,7,10H2,1-2H3,(H2,23,26);4-5H,2-3,6H2,1H3,(H2,15,17);7-10H,3-6H2,1-2H3;2-3H,1H3,(H2,9,11)/t19-;11-;7-,8-;/m001./s1. The van der Waals surface area contributed by atoms with Crippen LogP contribution in [0.3, 0.4) is 0 Å². The van der Waals surface area contributed by atoms with Crippen molar-refractivity contribution in [1.82, 2.24) is 30.6 Å². The molecule has 3 saturated carbocycles. The number of nitrogens with two attached hydrogens (primary N) is 3. The van der Waals surface area contributed by atoms with Crippen LogP contribution in [0, 0.1) is 25.7 Å². The van der Waals surface area contributed by atoms with Gasteiger partial charge in [-0.1, -0.05) is 36.0 Å². The van der Waals surface area contributed by atoms with Gasteiger partial charge in [-0.25, -0.2) is 31.8 Å². The summed E-state index contributed by atoms with van der Waals surface area (Å²) in [5.41, 5.74) is 16.6. The molecule has 384 valence electrons. The van der Waals surface area contributed by atoms with Gasteiger partial charge in [-0.15, -0.1) is 0 Å². The molecule has 3 aliphatic carbocycles. The topological polar surface area (TPSA) is 281 Å². The highest BCUT2D eigenvalue weighted by Gasteiger charge is 2.63. The maximum atomic E-state index is 14.6. The monoisotopic (exact) mass is 1120 g/mol. The Morgan fingerprint density at radius 1 is 0.704 bits per heavy atom. The van der Waals surface area contributed by atoms with E-state index in [0.717, 1.165) is 0 Å². The molecular weight excluding hydrogens is 1070 g/mol. The highest BCUT2D eigenvalue weighted by molar-refractivity contribution is 9.10. The Balaban J connectivity index is 0.000000172. The average Bonchev–Trinajstić information content (AvgIpc) is 4.22. The Morgan fingerprint density at radius 3 is 1.52 bits per heavy atom. The number of rotatable bonds is 8. The Morgan fingerprint density at radius 2 is 1.13 bits per heavy atom. The van der Waals surface area contributed by atoms with E-state index in [2.05, 4.69) is 70.6 Å². The third-order valence-corrected chi connectivity index (χ3v) is 19.9. The van der Waals surface area contributed by atoms with Crippen molar-refractivity contribution in [2.75, 3.05) is 25.6 Å². The first-order valence-electron chi connectivity index (χ1n) is 22.7. The molecular formula is C47H58BrCl2F2N11O6S2. The van der Waals surface area contributed by atoms with Crippen molar-refractivity contribution in [3.05, 3.63) is 115 Å². The van der Waals surface area contributed by atoms with Gasteiger partial charge in [0.25, 0.3) is 5.91 Å². The van der Waals surface area contributed by atoms with Gasteiger partial charge >= 0.3 is 0 Å². The Hall–Kier alpha value is -4.58. The van der Waals surface area contributed by atoms with Gasteiger partial charge in [0, 0.05) is 58.9 Å². The normalized spacial score (nSPS) is 24.8. The summed E-state index contributed by atoms with van der Waals surface area (Å²) in [5, 5.41) is 7.61. The van der Waals surface area contributed by atoms with Gasteiger partial charge in [0.05, 0.1) is 21.6 Å². The zero-order valence-corrected chi connectivity index (χ0v) is 44.9. The maximum Gasteiger partial charge on any atom is 0.267 e. The van der Waals surface area contributed by atoms with E-state index in [9.17, 15) is 35.2 Å².